The summed E-state index contributed by atoms with van der Waals surface area (Å²) in [4.78, 5) is 0. The summed E-state index contributed by atoms with van der Waals surface area (Å²) >= 11 is 9.38. The largest absolute Gasteiger partial charge is 0.271 e. The van der Waals surface area contributed by atoms with Gasteiger partial charge in [-0.2, -0.15) is 0 Å². The fourth-order valence-corrected chi connectivity index (χ4v) is 2.92. The van der Waals surface area contributed by atoms with Crippen LogP contribution in [0.4, 0.5) is 4.39 Å². The monoisotopic (exact) mass is 342 g/mol. The Kier molecular flexibility index (Phi) is 4.58. The van der Waals surface area contributed by atoms with Gasteiger partial charge in [-0.1, -0.05) is 39.7 Å². The second-order valence-corrected chi connectivity index (χ2v) is 5.56. The molecule has 0 bridgehead atoms. The molecule has 2 nitrogen and oxygen atoms in total. The van der Waals surface area contributed by atoms with E-state index in [1.165, 1.54) is 12.1 Å². The summed E-state index contributed by atoms with van der Waals surface area (Å²) in [6.07, 6.45) is 0. The molecule has 0 fully saturated rings. The lowest BCUT2D eigenvalue weighted by molar-refractivity contribution is 0.602. The van der Waals surface area contributed by atoms with Crippen molar-refractivity contribution in [1.29, 1.82) is 0 Å². The highest BCUT2D eigenvalue weighted by Crippen LogP contribution is 2.31. The van der Waals surface area contributed by atoms with Crippen LogP contribution < -0.4 is 11.3 Å². The van der Waals surface area contributed by atoms with Crippen LogP contribution >= 0.6 is 27.5 Å². The summed E-state index contributed by atoms with van der Waals surface area (Å²) in [6, 6.07) is 9.78. The summed E-state index contributed by atoms with van der Waals surface area (Å²) < 4.78 is 14.2. The van der Waals surface area contributed by atoms with E-state index in [2.05, 4.69) is 21.4 Å². The Morgan fingerprint density at radius 2 is 1.95 bits per heavy atom. The average molecular weight is 344 g/mol. The molecule has 0 radical (unpaired) electrons. The van der Waals surface area contributed by atoms with Crippen molar-refractivity contribution in [1.82, 2.24) is 5.43 Å². The number of aryl methyl sites for hydroxylation is 1. The summed E-state index contributed by atoms with van der Waals surface area (Å²) in [5.74, 6) is 5.35. The third kappa shape index (κ3) is 3.15. The van der Waals surface area contributed by atoms with Crippen molar-refractivity contribution in [2.75, 3.05) is 0 Å². The summed E-state index contributed by atoms with van der Waals surface area (Å²) in [6.45, 7) is 1.92. The van der Waals surface area contributed by atoms with Gasteiger partial charge in [0.1, 0.15) is 5.82 Å². The quantitative estimate of drug-likeness (QED) is 0.650. The Labute approximate surface area is 124 Å². The minimum Gasteiger partial charge on any atom is -0.271 e. The van der Waals surface area contributed by atoms with Crippen molar-refractivity contribution in [2.24, 2.45) is 5.84 Å². The van der Waals surface area contributed by atoms with Crippen LogP contribution in [0, 0.1) is 12.7 Å². The van der Waals surface area contributed by atoms with Gasteiger partial charge >= 0.3 is 0 Å². The lowest BCUT2D eigenvalue weighted by Gasteiger charge is -2.20. The van der Waals surface area contributed by atoms with E-state index < -0.39 is 0 Å². The van der Waals surface area contributed by atoms with Gasteiger partial charge in [0.25, 0.3) is 0 Å². The zero-order valence-electron chi connectivity index (χ0n) is 10.3. The molecule has 2 aromatic carbocycles. The second kappa shape index (κ2) is 6.01. The fraction of sp³-hybridized carbons (Fsp3) is 0.143. The zero-order valence-corrected chi connectivity index (χ0v) is 12.6. The first-order chi connectivity index (χ1) is 9.02. The van der Waals surface area contributed by atoms with E-state index in [1.807, 2.05) is 13.0 Å². The molecule has 0 spiro atoms. The first-order valence-corrected chi connectivity index (χ1v) is 6.87. The third-order valence-electron chi connectivity index (χ3n) is 2.99. The maximum atomic E-state index is 13.4. The Bertz CT molecular complexity index is 604. The molecule has 1 unspecified atom stereocenters. The molecule has 2 aromatic rings. The van der Waals surface area contributed by atoms with Gasteiger partial charge in [-0.25, -0.2) is 9.82 Å². The molecule has 0 saturated heterocycles. The second-order valence-electron chi connectivity index (χ2n) is 4.27. The van der Waals surface area contributed by atoms with Gasteiger partial charge < -0.3 is 0 Å². The molecule has 0 saturated carbocycles. The van der Waals surface area contributed by atoms with Crippen molar-refractivity contribution in [3.05, 3.63) is 68.4 Å². The number of hydrogen-bond donors (Lipinski definition) is 2. The van der Waals surface area contributed by atoms with Crippen LogP contribution in [0.3, 0.4) is 0 Å². The third-order valence-corrected chi connectivity index (χ3v) is 3.91. The predicted octanol–water partition coefficient (Wildman–Crippen LogP) is 4.10. The molecule has 0 aliphatic heterocycles. The molecule has 100 valence electrons. The van der Waals surface area contributed by atoms with Gasteiger partial charge in [0, 0.05) is 9.50 Å². The van der Waals surface area contributed by atoms with Crippen LogP contribution in [0.5, 0.6) is 0 Å². The van der Waals surface area contributed by atoms with E-state index in [-0.39, 0.29) is 11.9 Å². The minimum absolute atomic E-state index is 0.286. The molecule has 0 aliphatic rings. The van der Waals surface area contributed by atoms with E-state index in [1.54, 1.807) is 18.2 Å². The molecule has 19 heavy (non-hydrogen) atoms. The van der Waals surface area contributed by atoms with E-state index in [9.17, 15) is 4.39 Å². The van der Waals surface area contributed by atoms with E-state index in [0.717, 1.165) is 21.2 Å². The molecule has 1 atom stereocenters. The van der Waals surface area contributed by atoms with E-state index >= 15 is 0 Å². The Morgan fingerprint density at radius 1 is 1.21 bits per heavy atom. The predicted molar refractivity (Wildman–Crippen MR) is 79.5 cm³/mol. The van der Waals surface area contributed by atoms with Gasteiger partial charge in [-0.3, -0.25) is 5.84 Å². The summed E-state index contributed by atoms with van der Waals surface area (Å²) in [7, 11) is 0. The fourth-order valence-electron chi connectivity index (χ4n) is 2.01. The van der Waals surface area contributed by atoms with E-state index in [4.69, 9.17) is 17.4 Å². The van der Waals surface area contributed by atoms with Crippen LogP contribution in [0.1, 0.15) is 22.7 Å². The van der Waals surface area contributed by atoms with Gasteiger partial charge in [-0.05, 0) is 47.9 Å². The number of nitrogens with one attached hydrogen (secondary N) is 1. The van der Waals surface area contributed by atoms with Crippen molar-refractivity contribution in [3.63, 3.8) is 0 Å². The average Bonchev–Trinajstić information content (AvgIpc) is 2.36. The van der Waals surface area contributed by atoms with Gasteiger partial charge in [0.15, 0.2) is 0 Å². The van der Waals surface area contributed by atoms with Crippen LogP contribution in [0.2, 0.25) is 5.02 Å². The molecular formula is C14H13BrClFN2. The molecular weight excluding hydrogens is 331 g/mol. The molecule has 3 N–H and O–H groups in total. The number of hydrazine groups is 1. The standard InChI is InChI=1S/C14H13BrClFN2/c1-8-2-4-10(17)7-12(8)14(19-18)11-5-3-9(16)6-13(11)15/h2-7,14,19H,18H2,1H3. The van der Waals surface area contributed by atoms with Crippen molar-refractivity contribution in [3.8, 4) is 0 Å². The lowest BCUT2D eigenvalue weighted by Crippen LogP contribution is -2.29. The normalized spacial score (nSPS) is 12.5. The van der Waals surface area contributed by atoms with Crippen LogP contribution in [0.25, 0.3) is 0 Å². The molecule has 0 aromatic heterocycles. The lowest BCUT2D eigenvalue weighted by atomic mass is 9.95. The SMILES string of the molecule is Cc1ccc(F)cc1C(NN)c1ccc(Cl)cc1Br. The smallest absolute Gasteiger partial charge is 0.123 e. The van der Waals surface area contributed by atoms with Crippen LogP contribution in [-0.4, -0.2) is 0 Å². The van der Waals surface area contributed by atoms with E-state index in [0.29, 0.717) is 5.02 Å². The number of halogens is 3. The Hall–Kier alpha value is -0.940. The highest BCUT2D eigenvalue weighted by molar-refractivity contribution is 9.10. The maximum absolute atomic E-state index is 13.4. The number of rotatable bonds is 3. The van der Waals surface area contributed by atoms with Crippen molar-refractivity contribution >= 4 is 27.5 Å². The van der Waals surface area contributed by atoms with Crippen LogP contribution in [-0.2, 0) is 0 Å². The summed E-state index contributed by atoms with van der Waals surface area (Å²) in [5, 5.41) is 0.627. The Balaban J connectivity index is 2.52. The van der Waals surface area contributed by atoms with Gasteiger partial charge in [-0.15, -0.1) is 0 Å². The zero-order chi connectivity index (χ0) is 14.0. The highest BCUT2D eigenvalue weighted by atomic mass is 79.9. The van der Waals surface area contributed by atoms with Crippen LogP contribution in [0.15, 0.2) is 40.9 Å². The van der Waals surface area contributed by atoms with Gasteiger partial charge in [0.05, 0.1) is 6.04 Å². The van der Waals surface area contributed by atoms with Crippen molar-refractivity contribution in [2.45, 2.75) is 13.0 Å². The maximum Gasteiger partial charge on any atom is 0.123 e. The molecule has 2 rings (SSSR count). The molecule has 0 aliphatic carbocycles. The highest BCUT2D eigenvalue weighted by Gasteiger charge is 2.18. The first-order valence-electron chi connectivity index (χ1n) is 5.70. The first kappa shape index (κ1) is 14.5. The number of nitrogens with two attached hydrogens (primary N) is 1. The summed E-state index contributed by atoms with van der Waals surface area (Å²) in [5.41, 5.74) is 5.39. The number of benzene rings is 2. The topological polar surface area (TPSA) is 38.0 Å². The molecule has 0 amide bonds. The molecule has 5 heteroatoms. The minimum atomic E-state index is -0.303. The molecule has 0 heterocycles. The Morgan fingerprint density at radius 3 is 2.58 bits per heavy atom. The number of hydrogen-bond acceptors (Lipinski definition) is 2. The van der Waals surface area contributed by atoms with Gasteiger partial charge in [0.2, 0.25) is 0 Å². The van der Waals surface area contributed by atoms with Crippen molar-refractivity contribution < 1.29 is 4.39 Å².